The van der Waals surface area contributed by atoms with Gasteiger partial charge in [0, 0.05) is 10.4 Å². The van der Waals surface area contributed by atoms with Gasteiger partial charge in [-0.2, -0.15) is 0 Å². The van der Waals surface area contributed by atoms with E-state index >= 15 is 0 Å². The second-order valence-corrected chi connectivity index (χ2v) is 3.33. The van der Waals surface area contributed by atoms with Gasteiger partial charge in [-0.25, -0.2) is 0 Å². The second kappa shape index (κ2) is 4.58. The maximum absolute atomic E-state index is 5.49. The summed E-state index contributed by atoms with van der Waals surface area (Å²) in [6.45, 7) is 0. The summed E-state index contributed by atoms with van der Waals surface area (Å²) in [4.78, 5) is 0. The molecule has 0 radical (unpaired) electrons. The maximum atomic E-state index is 5.49. The fourth-order valence-electron chi connectivity index (χ4n) is 0.755. The fraction of sp³-hybridized carbons (Fsp3) is 0.111. The lowest BCUT2D eigenvalue weighted by atomic mass is 10.2. The van der Waals surface area contributed by atoms with Crippen LogP contribution >= 0.6 is 27.5 Å². The van der Waals surface area contributed by atoms with E-state index in [4.69, 9.17) is 11.6 Å². The monoisotopic (exact) mass is 230 g/mol. The molecule has 0 nitrogen and oxygen atoms in total. The van der Waals surface area contributed by atoms with Gasteiger partial charge in [-0.15, -0.1) is 11.6 Å². The van der Waals surface area contributed by atoms with E-state index in [-0.39, 0.29) is 0 Å². The smallest absolute Gasteiger partial charge is 0.0407 e. The van der Waals surface area contributed by atoms with E-state index in [1.807, 2.05) is 36.4 Å². The highest BCUT2D eigenvalue weighted by molar-refractivity contribution is 9.10. The molecule has 11 heavy (non-hydrogen) atoms. The van der Waals surface area contributed by atoms with Gasteiger partial charge in [-0.1, -0.05) is 40.2 Å². The first-order valence-electron chi connectivity index (χ1n) is 3.31. The molecule has 0 amide bonds. The van der Waals surface area contributed by atoms with Crippen LogP contribution in [0.2, 0.25) is 0 Å². The molecule has 1 aromatic rings. The lowest BCUT2D eigenvalue weighted by molar-refractivity contribution is 1.60. The van der Waals surface area contributed by atoms with E-state index in [2.05, 4.69) is 15.9 Å². The average molecular weight is 232 g/mol. The Kier molecular flexibility index (Phi) is 3.67. The number of hydrogen-bond acceptors (Lipinski definition) is 0. The van der Waals surface area contributed by atoms with Crippen molar-refractivity contribution in [3.63, 3.8) is 0 Å². The Morgan fingerprint density at radius 1 is 1.27 bits per heavy atom. The van der Waals surface area contributed by atoms with Crippen LogP contribution in [-0.2, 0) is 0 Å². The standard InChI is InChI=1S/C9H8BrCl/c10-9-5-3-8(4-6-9)2-1-7-11/h1-6H,7H2. The van der Waals surface area contributed by atoms with Crippen molar-refractivity contribution in [2.75, 3.05) is 5.88 Å². The molecule has 58 valence electrons. The van der Waals surface area contributed by atoms with Gasteiger partial charge in [0.15, 0.2) is 0 Å². The lowest BCUT2D eigenvalue weighted by Crippen LogP contribution is -1.70. The Bertz CT molecular complexity index is 238. The number of rotatable bonds is 2. The minimum atomic E-state index is 0.566. The summed E-state index contributed by atoms with van der Waals surface area (Å²) in [6, 6.07) is 8.09. The Labute approximate surface area is 80.0 Å². The molecule has 1 aromatic carbocycles. The van der Waals surface area contributed by atoms with Crippen LogP contribution in [0.15, 0.2) is 34.8 Å². The fourth-order valence-corrected chi connectivity index (χ4v) is 1.11. The predicted octanol–water partition coefficient (Wildman–Crippen LogP) is 3.70. The third kappa shape index (κ3) is 3.08. The van der Waals surface area contributed by atoms with Gasteiger partial charge < -0.3 is 0 Å². The molecule has 0 aliphatic carbocycles. The lowest BCUT2D eigenvalue weighted by Gasteiger charge is -1.91. The van der Waals surface area contributed by atoms with Crippen LogP contribution in [-0.4, -0.2) is 5.88 Å². The molecule has 0 spiro atoms. The summed E-state index contributed by atoms with van der Waals surface area (Å²) < 4.78 is 1.10. The van der Waals surface area contributed by atoms with Crippen molar-refractivity contribution < 1.29 is 0 Å². The first-order chi connectivity index (χ1) is 5.33. The third-order valence-corrected chi connectivity index (χ3v) is 1.98. The minimum Gasteiger partial charge on any atom is -0.122 e. The number of alkyl halides is 1. The number of halogens is 2. The van der Waals surface area contributed by atoms with E-state index < -0.39 is 0 Å². The largest absolute Gasteiger partial charge is 0.122 e. The topological polar surface area (TPSA) is 0 Å². The van der Waals surface area contributed by atoms with Gasteiger partial charge in [0.05, 0.1) is 0 Å². The first-order valence-corrected chi connectivity index (χ1v) is 4.64. The van der Waals surface area contributed by atoms with Gasteiger partial charge in [0.25, 0.3) is 0 Å². The van der Waals surface area contributed by atoms with Crippen molar-refractivity contribution in [1.82, 2.24) is 0 Å². The van der Waals surface area contributed by atoms with Crippen LogP contribution in [0.5, 0.6) is 0 Å². The predicted molar refractivity (Wildman–Crippen MR) is 53.9 cm³/mol. The highest BCUT2D eigenvalue weighted by Crippen LogP contribution is 2.11. The molecule has 0 saturated carbocycles. The molecule has 0 heterocycles. The van der Waals surface area contributed by atoms with Gasteiger partial charge >= 0.3 is 0 Å². The molecule has 2 heteroatoms. The van der Waals surface area contributed by atoms with Crippen molar-refractivity contribution >= 4 is 33.6 Å². The zero-order valence-electron chi connectivity index (χ0n) is 5.93. The van der Waals surface area contributed by atoms with Crippen molar-refractivity contribution in [2.45, 2.75) is 0 Å². The van der Waals surface area contributed by atoms with Gasteiger partial charge in [0.2, 0.25) is 0 Å². The molecule has 0 unspecified atom stereocenters. The molecule has 0 saturated heterocycles. The molecule has 0 aliphatic rings. The summed E-state index contributed by atoms with van der Waals surface area (Å²) in [5.41, 5.74) is 1.17. The quantitative estimate of drug-likeness (QED) is 0.681. The normalized spacial score (nSPS) is 10.7. The molecule has 1 rings (SSSR count). The van der Waals surface area contributed by atoms with Crippen LogP contribution in [0, 0.1) is 0 Å². The molecule has 0 bridgehead atoms. The number of benzene rings is 1. The van der Waals surface area contributed by atoms with Crippen molar-refractivity contribution in [1.29, 1.82) is 0 Å². The molecule has 0 N–H and O–H groups in total. The van der Waals surface area contributed by atoms with E-state index in [0.717, 1.165) is 4.47 Å². The summed E-state index contributed by atoms with van der Waals surface area (Å²) in [7, 11) is 0. The van der Waals surface area contributed by atoms with Gasteiger partial charge in [0.1, 0.15) is 0 Å². The second-order valence-electron chi connectivity index (χ2n) is 2.11. The zero-order chi connectivity index (χ0) is 8.10. The summed E-state index contributed by atoms with van der Waals surface area (Å²) in [5.74, 6) is 0.566. The Balaban J connectivity index is 2.73. The average Bonchev–Trinajstić information content (AvgIpc) is 2.04. The third-order valence-electron chi connectivity index (χ3n) is 1.27. The van der Waals surface area contributed by atoms with E-state index in [1.165, 1.54) is 5.56 Å². The van der Waals surface area contributed by atoms with Crippen molar-refractivity contribution in [3.05, 3.63) is 40.4 Å². The number of allylic oxidation sites excluding steroid dienone is 1. The van der Waals surface area contributed by atoms with Crippen molar-refractivity contribution in [3.8, 4) is 0 Å². The van der Waals surface area contributed by atoms with E-state index in [0.29, 0.717) is 5.88 Å². The first kappa shape index (κ1) is 8.82. The highest BCUT2D eigenvalue weighted by atomic mass is 79.9. The Morgan fingerprint density at radius 3 is 2.45 bits per heavy atom. The highest BCUT2D eigenvalue weighted by Gasteiger charge is 1.85. The van der Waals surface area contributed by atoms with Gasteiger partial charge in [-0.05, 0) is 17.7 Å². The Morgan fingerprint density at radius 2 is 1.91 bits per heavy atom. The van der Waals surface area contributed by atoms with Crippen LogP contribution in [0.25, 0.3) is 6.08 Å². The summed E-state index contributed by atoms with van der Waals surface area (Å²) >= 11 is 8.85. The van der Waals surface area contributed by atoms with Crippen molar-refractivity contribution in [2.24, 2.45) is 0 Å². The molecular weight excluding hydrogens is 223 g/mol. The van der Waals surface area contributed by atoms with Gasteiger partial charge in [-0.3, -0.25) is 0 Å². The van der Waals surface area contributed by atoms with Crippen LogP contribution < -0.4 is 0 Å². The van der Waals surface area contributed by atoms with Crippen LogP contribution in [0.4, 0.5) is 0 Å². The van der Waals surface area contributed by atoms with E-state index in [9.17, 15) is 0 Å². The molecular formula is C9H8BrCl. The van der Waals surface area contributed by atoms with Crippen LogP contribution in [0.1, 0.15) is 5.56 Å². The van der Waals surface area contributed by atoms with E-state index in [1.54, 1.807) is 0 Å². The summed E-state index contributed by atoms with van der Waals surface area (Å²) in [6.07, 6.45) is 3.92. The SMILES string of the molecule is ClCC=Cc1ccc(Br)cc1. The van der Waals surface area contributed by atoms with Crippen LogP contribution in [0.3, 0.4) is 0 Å². The zero-order valence-corrected chi connectivity index (χ0v) is 8.27. The molecule has 0 aliphatic heterocycles. The maximum Gasteiger partial charge on any atom is 0.0407 e. The molecule has 0 aromatic heterocycles. The Hall–Kier alpha value is -0.270. The minimum absolute atomic E-state index is 0.566. The summed E-state index contributed by atoms with van der Waals surface area (Å²) in [5, 5.41) is 0. The number of hydrogen-bond donors (Lipinski definition) is 0. The molecule has 0 fully saturated rings. The molecule has 0 atom stereocenters.